The molecule has 78 valence electrons. The van der Waals surface area contributed by atoms with Crippen molar-refractivity contribution < 1.29 is 21.6 Å². The molecule has 1 heterocycles. The molecule has 1 aromatic heterocycles. The van der Waals surface area contributed by atoms with Gasteiger partial charge in [0.05, 0.1) is 4.90 Å². The Labute approximate surface area is 78.5 Å². The summed E-state index contributed by atoms with van der Waals surface area (Å²) in [6.07, 6.45) is 0.693. The van der Waals surface area contributed by atoms with Crippen LogP contribution in [-0.4, -0.2) is 18.9 Å². The predicted molar refractivity (Wildman–Crippen MR) is 42.2 cm³/mol. The van der Waals surface area contributed by atoms with Gasteiger partial charge in [-0.1, -0.05) is 0 Å². The molecule has 3 nitrogen and oxygen atoms in total. The number of hydrogen-bond donors (Lipinski definition) is 0. The lowest BCUT2D eigenvalue weighted by Crippen LogP contribution is -2.23. The van der Waals surface area contributed by atoms with Crippen molar-refractivity contribution in [3.8, 4) is 0 Å². The van der Waals surface area contributed by atoms with Crippen molar-refractivity contribution in [1.82, 2.24) is 4.98 Å². The Bertz CT molecular complexity index is 421. The Hall–Kier alpha value is -1.11. The Morgan fingerprint density at radius 1 is 1.29 bits per heavy atom. The Morgan fingerprint density at radius 3 is 2.21 bits per heavy atom. The third kappa shape index (κ3) is 1.87. The van der Waals surface area contributed by atoms with E-state index in [4.69, 9.17) is 0 Å². The smallest absolute Gasteiger partial charge is 0.260 e. The number of aromatic nitrogens is 1. The highest BCUT2D eigenvalue weighted by atomic mass is 32.2. The normalized spacial score (nSPS) is 12.9. The lowest BCUT2D eigenvalue weighted by atomic mass is 10.4. The van der Waals surface area contributed by atoms with Crippen LogP contribution in [0.15, 0.2) is 23.2 Å². The quantitative estimate of drug-likeness (QED) is 0.730. The molecule has 0 fully saturated rings. The van der Waals surface area contributed by atoms with Crippen molar-refractivity contribution in [1.29, 1.82) is 0 Å². The third-order valence-corrected chi connectivity index (χ3v) is 2.97. The van der Waals surface area contributed by atoms with Gasteiger partial charge in [0.2, 0.25) is 0 Å². The van der Waals surface area contributed by atoms with Crippen molar-refractivity contribution in [2.45, 2.75) is 17.3 Å². The van der Waals surface area contributed by atoms with Crippen LogP contribution >= 0.6 is 0 Å². The molecule has 0 N–H and O–H groups in total. The number of halogens is 3. The minimum absolute atomic E-state index is 0.450. The number of alkyl halides is 3. The minimum Gasteiger partial charge on any atom is -0.260 e. The molecule has 0 unspecified atom stereocenters. The molecule has 0 amide bonds. The van der Waals surface area contributed by atoms with Crippen molar-refractivity contribution >= 4 is 9.84 Å². The first-order valence-corrected chi connectivity index (χ1v) is 4.97. The maximum absolute atomic E-state index is 12.0. The van der Waals surface area contributed by atoms with E-state index in [0.29, 0.717) is 11.9 Å². The summed E-state index contributed by atoms with van der Waals surface area (Å²) >= 11 is 0. The highest BCUT2D eigenvalue weighted by molar-refractivity contribution is 7.92. The zero-order valence-electron chi connectivity index (χ0n) is 7.04. The summed E-state index contributed by atoms with van der Waals surface area (Å²) < 4.78 is 57.6. The SMILES string of the molecule is Cc1ccc(S(=O)(=O)C(F)(F)F)cn1. The molecule has 0 aromatic carbocycles. The number of hydrogen-bond acceptors (Lipinski definition) is 3. The summed E-state index contributed by atoms with van der Waals surface area (Å²) in [4.78, 5) is 2.64. The van der Waals surface area contributed by atoms with E-state index in [2.05, 4.69) is 4.98 Å². The highest BCUT2D eigenvalue weighted by Gasteiger charge is 2.46. The summed E-state index contributed by atoms with van der Waals surface area (Å²) in [5.74, 6) is 0. The van der Waals surface area contributed by atoms with Crippen molar-refractivity contribution in [3.05, 3.63) is 24.0 Å². The van der Waals surface area contributed by atoms with Gasteiger partial charge in [-0.15, -0.1) is 0 Å². The Kier molecular flexibility index (Phi) is 2.53. The van der Waals surface area contributed by atoms with Gasteiger partial charge < -0.3 is 0 Å². The summed E-state index contributed by atoms with van der Waals surface area (Å²) in [6.45, 7) is 1.55. The van der Waals surface area contributed by atoms with E-state index in [-0.39, 0.29) is 0 Å². The molecule has 0 aliphatic heterocycles. The Morgan fingerprint density at radius 2 is 1.86 bits per heavy atom. The number of sulfone groups is 1. The second-order valence-electron chi connectivity index (χ2n) is 2.58. The average Bonchev–Trinajstić information content (AvgIpc) is 2.03. The summed E-state index contributed by atoms with van der Waals surface area (Å²) in [5, 5.41) is 0. The number of rotatable bonds is 1. The highest BCUT2D eigenvalue weighted by Crippen LogP contribution is 2.29. The minimum atomic E-state index is -5.27. The van der Waals surface area contributed by atoms with Gasteiger partial charge in [-0.25, -0.2) is 8.42 Å². The molecule has 0 bridgehead atoms. The second-order valence-corrected chi connectivity index (χ2v) is 4.53. The zero-order chi connectivity index (χ0) is 11.0. The molecule has 14 heavy (non-hydrogen) atoms. The van der Waals surface area contributed by atoms with Gasteiger partial charge in [0.15, 0.2) is 0 Å². The first-order valence-electron chi connectivity index (χ1n) is 3.49. The lowest BCUT2D eigenvalue weighted by molar-refractivity contribution is -0.0436. The third-order valence-electron chi connectivity index (χ3n) is 1.50. The number of aryl methyl sites for hydroxylation is 1. The first kappa shape index (κ1) is 11.0. The second kappa shape index (κ2) is 3.23. The molecule has 0 aliphatic rings. The number of pyridine rings is 1. The van der Waals surface area contributed by atoms with Crippen molar-refractivity contribution in [3.63, 3.8) is 0 Å². The molecule has 0 atom stereocenters. The summed E-state index contributed by atoms with van der Waals surface area (Å²) in [5.41, 5.74) is -4.82. The summed E-state index contributed by atoms with van der Waals surface area (Å²) in [6, 6.07) is 2.09. The predicted octanol–water partition coefficient (Wildman–Crippen LogP) is 1.68. The van der Waals surface area contributed by atoms with E-state index in [0.717, 1.165) is 6.07 Å². The molecule has 7 heteroatoms. The van der Waals surface area contributed by atoms with Crippen LogP contribution in [0.2, 0.25) is 0 Å². The first-order chi connectivity index (χ1) is 6.25. The molecular formula is C7H6F3NO2S. The van der Waals surface area contributed by atoms with Gasteiger partial charge in [0.1, 0.15) is 0 Å². The van der Waals surface area contributed by atoms with Crippen LogP contribution in [0, 0.1) is 6.92 Å². The molecule has 0 radical (unpaired) electrons. The average molecular weight is 225 g/mol. The molecule has 0 saturated carbocycles. The van der Waals surface area contributed by atoms with Crippen molar-refractivity contribution in [2.75, 3.05) is 0 Å². The maximum Gasteiger partial charge on any atom is 0.501 e. The van der Waals surface area contributed by atoms with Gasteiger partial charge in [-0.05, 0) is 19.1 Å². The van der Waals surface area contributed by atoms with Gasteiger partial charge in [-0.3, -0.25) is 4.98 Å². The molecule has 1 rings (SSSR count). The van der Waals surface area contributed by atoms with E-state index in [1.54, 1.807) is 6.92 Å². The molecule has 1 aromatic rings. The van der Waals surface area contributed by atoms with Crippen molar-refractivity contribution in [2.24, 2.45) is 0 Å². The van der Waals surface area contributed by atoms with E-state index in [1.165, 1.54) is 6.07 Å². The van der Waals surface area contributed by atoms with E-state index < -0.39 is 20.2 Å². The molecule has 0 spiro atoms. The van der Waals surface area contributed by atoms with Crippen LogP contribution < -0.4 is 0 Å². The Balaban J connectivity index is 3.25. The van der Waals surface area contributed by atoms with Crippen LogP contribution in [0.4, 0.5) is 13.2 Å². The van der Waals surface area contributed by atoms with Gasteiger partial charge in [0.25, 0.3) is 9.84 Å². The van der Waals surface area contributed by atoms with Gasteiger partial charge in [-0.2, -0.15) is 13.2 Å². The maximum atomic E-state index is 12.0. The standard InChI is InChI=1S/C7H6F3NO2S/c1-5-2-3-6(4-11-5)14(12,13)7(8,9)10/h2-4H,1H3. The fourth-order valence-electron chi connectivity index (χ4n) is 0.747. The van der Waals surface area contributed by atoms with Crippen LogP contribution in [-0.2, 0) is 9.84 Å². The fourth-order valence-corrected chi connectivity index (χ4v) is 1.45. The number of nitrogens with zero attached hydrogens (tertiary/aromatic N) is 1. The fraction of sp³-hybridized carbons (Fsp3) is 0.286. The molecule has 0 aliphatic carbocycles. The van der Waals surface area contributed by atoms with E-state index >= 15 is 0 Å². The van der Waals surface area contributed by atoms with E-state index in [1.807, 2.05) is 0 Å². The van der Waals surface area contributed by atoms with Crippen LogP contribution in [0.1, 0.15) is 5.69 Å². The van der Waals surface area contributed by atoms with Gasteiger partial charge in [0, 0.05) is 11.9 Å². The summed E-state index contributed by atoms with van der Waals surface area (Å²) in [7, 11) is -5.26. The largest absolute Gasteiger partial charge is 0.501 e. The van der Waals surface area contributed by atoms with Crippen LogP contribution in [0.25, 0.3) is 0 Å². The molecular weight excluding hydrogens is 219 g/mol. The zero-order valence-corrected chi connectivity index (χ0v) is 7.85. The van der Waals surface area contributed by atoms with Crippen LogP contribution in [0.5, 0.6) is 0 Å². The van der Waals surface area contributed by atoms with Crippen LogP contribution in [0.3, 0.4) is 0 Å². The van der Waals surface area contributed by atoms with E-state index in [9.17, 15) is 21.6 Å². The molecule has 0 saturated heterocycles. The van der Waals surface area contributed by atoms with Gasteiger partial charge >= 0.3 is 5.51 Å². The topological polar surface area (TPSA) is 47.0 Å². The monoisotopic (exact) mass is 225 g/mol. The lowest BCUT2D eigenvalue weighted by Gasteiger charge is -2.07.